The minimum atomic E-state index is -3.93. The van der Waals surface area contributed by atoms with Gasteiger partial charge in [0.25, 0.3) is 10.0 Å². The van der Waals surface area contributed by atoms with E-state index in [0.29, 0.717) is 12.3 Å². The lowest BCUT2D eigenvalue weighted by Crippen LogP contribution is -2.36. The lowest BCUT2D eigenvalue weighted by molar-refractivity contribution is 0.0691. The fourth-order valence-corrected chi connectivity index (χ4v) is 3.54. The molecule has 0 saturated carbocycles. The summed E-state index contributed by atoms with van der Waals surface area (Å²) in [5.41, 5.74) is -0.0745. The first kappa shape index (κ1) is 16.6. The molecule has 0 aliphatic heterocycles. The van der Waals surface area contributed by atoms with E-state index in [0.717, 1.165) is 0 Å². The number of carboxylic acids is 1. The second kappa shape index (κ2) is 5.92. The van der Waals surface area contributed by atoms with E-state index in [9.17, 15) is 13.2 Å². The molecule has 1 atom stereocenters. The number of rotatable bonds is 6. The zero-order valence-electron chi connectivity index (χ0n) is 12.3. The van der Waals surface area contributed by atoms with E-state index in [4.69, 9.17) is 5.11 Å². The highest BCUT2D eigenvalue weighted by Crippen LogP contribution is 2.23. The van der Waals surface area contributed by atoms with Crippen molar-refractivity contribution in [2.45, 2.75) is 45.2 Å². The molecule has 0 aliphatic carbocycles. The summed E-state index contributed by atoms with van der Waals surface area (Å²) in [5.74, 6) is -0.970. The van der Waals surface area contributed by atoms with Gasteiger partial charge in [-0.05, 0) is 26.2 Å². The van der Waals surface area contributed by atoms with Crippen molar-refractivity contribution in [1.82, 2.24) is 14.5 Å². The first-order chi connectivity index (χ1) is 9.09. The predicted octanol–water partition coefficient (Wildman–Crippen LogP) is 1.47. The molecule has 1 rings (SSSR count). The first-order valence-corrected chi connectivity index (χ1v) is 7.79. The van der Waals surface area contributed by atoms with Crippen molar-refractivity contribution < 1.29 is 18.3 Å². The van der Waals surface area contributed by atoms with Crippen molar-refractivity contribution >= 4 is 16.0 Å². The zero-order chi connectivity index (χ0) is 15.7. The smallest absolute Gasteiger partial charge is 0.340 e. The molecule has 2 N–H and O–H groups in total. The summed E-state index contributed by atoms with van der Waals surface area (Å²) in [7, 11) is -2.49. The molecule has 1 aromatic heterocycles. The number of hydrogen-bond acceptors (Lipinski definition) is 4. The third-order valence-electron chi connectivity index (χ3n) is 3.18. The topological polar surface area (TPSA) is 103 Å². The van der Waals surface area contributed by atoms with Crippen molar-refractivity contribution in [3.05, 3.63) is 11.3 Å². The van der Waals surface area contributed by atoms with Gasteiger partial charge in [-0.15, -0.1) is 0 Å². The summed E-state index contributed by atoms with van der Waals surface area (Å²) >= 11 is 0. The van der Waals surface area contributed by atoms with Crippen molar-refractivity contribution in [2.75, 3.05) is 7.05 Å². The van der Waals surface area contributed by atoms with Crippen LogP contribution in [0.15, 0.2) is 5.03 Å². The van der Waals surface area contributed by atoms with E-state index in [-0.39, 0.29) is 17.3 Å². The van der Waals surface area contributed by atoms with Crippen LogP contribution in [0.1, 0.15) is 43.2 Å². The summed E-state index contributed by atoms with van der Waals surface area (Å²) < 4.78 is 26.1. The van der Waals surface area contributed by atoms with Crippen LogP contribution in [0.2, 0.25) is 0 Å². The summed E-state index contributed by atoms with van der Waals surface area (Å²) in [6, 6.07) is -0.237. The third kappa shape index (κ3) is 3.18. The number of sulfonamides is 1. The molecule has 0 aliphatic rings. The number of H-pyrrole nitrogens is 1. The summed E-state index contributed by atoms with van der Waals surface area (Å²) in [6.07, 6.45) is 0.682. The van der Waals surface area contributed by atoms with E-state index in [1.54, 1.807) is 6.92 Å². The monoisotopic (exact) mass is 303 g/mol. The first-order valence-electron chi connectivity index (χ1n) is 6.35. The van der Waals surface area contributed by atoms with Crippen LogP contribution >= 0.6 is 0 Å². The van der Waals surface area contributed by atoms with Crippen LogP contribution in [0, 0.1) is 12.8 Å². The minimum absolute atomic E-state index is 0.223. The molecule has 7 nitrogen and oxygen atoms in total. The molecule has 1 aromatic rings. The standard InChI is InChI=1S/C12H21N3O4S/c1-7(2)6-8(3)15(5)20(18,19)11-10(12(16)17)9(4)13-14-11/h7-8H,6H2,1-5H3,(H,13,14)(H,16,17). The highest BCUT2D eigenvalue weighted by atomic mass is 32.2. The van der Waals surface area contributed by atoms with E-state index in [1.807, 2.05) is 13.8 Å². The molecule has 114 valence electrons. The van der Waals surface area contributed by atoms with Gasteiger partial charge in [0.1, 0.15) is 5.56 Å². The third-order valence-corrected chi connectivity index (χ3v) is 5.09. The maximum Gasteiger partial charge on any atom is 0.340 e. The number of aromatic carboxylic acids is 1. The number of hydrogen-bond donors (Lipinski definition) is 2. The van der Waals surface area contributed by atoms with Crippen LogP contribution in [-0.2, 0) is 10.0 Å². The van der Waals surface area contributed by atoms with Crippen LogP contribution in [0.4, 0.5) is 0 Å². The van der Waals surface area contributed by atoms with E-state index < -0.39 is 21.0 Å². The number of carboxylic acid groups (broad SMARTS) is 1. The Balaban J connectivity index is 3.21. The van der Waals surface area contributed by atoms with Crippen LogP contribution < -0.4 is 0 Å². The second-order valence-electron chi connectivity index (χ2n) is 5.33. The molecule has 1 heterocycles. The molecule has 20 heavy (non-hydrogen) atoms. The Labute approximate surface area is 119 Å². The van der Waals surface area contributed by atoms with Crippen molar-refractivity contribution in [1.29, 1.82) is 0 Å². The van der Waals surface area contributed by atoms with Gasteiger partial charge in [-0.2, -0.15) is 9.40 Å². The molecule has 0 spiro atoms. The highest BCUT2D eigenvalue weighted by molar-refractivity contribution is 7.89. The van der Waals surface area contributed by atoms with Gasteiger partial charge in [0.05, 0.1) is 0 Å². The zero-order valence-corrected chi connectivity index (χ0v) is 13.2. The van der Waals surface area contributed by atoms with Crippen molar-refractivity contribution in [2.24, 2.45) is 5.92 Å². The van der Waals surface area contributed by atoms with Gasteiger partial charge in [0.15, 0.2) is 0 Å². The molecular weight excluding hydrogens is 282 g/mol. The van der Waals surface area contributed by atoms with Gasteiger partial charge in [-0.1, -0.05) is 13.8 Å². The lowest BCUT2D eigenvalue weighted by Gasteiger charge is -2.24. The number of nitrogens with one attached hydrogen (secondary N) is 1. The van der Waals surface area contributed by atoms with Gasteiger partial charge >= 0.3 is 5.97 Å². The highest BCUT2D eigenvalue weighted by Gasteiger charge is 2.33. The van der Waals surface area contributed by atoms with Gasteiger partial charge in [-0.25, -0.2) is 13.2 Å². The van der Waals surface area contributed by atoms with Gasteiger partial charge in [-0.3, -0.25) is 5.10 Å². The Bertz CT molecular complexity index is 592. The average Bonchev–Trinajstić information content (AvgIpc) is 2.69. The summed E-state index contributed by atoms with van der Waals surface area (Å²) in [4.78, 5) is 11.2. The molecule has 0 amide bonds. The largest absolute Gasteiger partial charge is 0.478 e. The van der Waals surface area contributed by atoms with E-state index in [2.05, 4.69) is 10.2 Å². The van der Waals surface area contributed by atoms with E-state index in [1.165, 1.54) is 18.3 Å². The molecule has 0 saturated heterocycles. The Morgan fingerprint density at radius 3 is 2.40 bits per heavy atom. The molecular formula is C12H21N3O4S. The maximum absolute atomic E-state index is 12.5. The Kier molecular flexibility index (Phi) is 4.93. The quantitative estimate of drug-likeness (QED) is 0.828. The summed E-state index contributed by atoms with van der Waals surface area (Å²) in [6.45, 7) is 7.27. The number of nitrogens with zero attached hydrogens (tertiary/aromatic N) is 2. The SMILES string of the molecule is Cc1[nH]nc(S(=O)(=O)N(C)C(C)CC(C)C)c1C(=O)O. The van der Waals surface area contributed by atoms with Crippen LogP contribution in [0.3, 0.4) is 0 Å². The van der Waals surface area contributed by atoms with E-state index >= 15 is 0 Å². The van der Waals surface area contributed by atoms with Gasteiger partial charge in [0, 0.05) is 18.8 Å². The van der Waals surface area contributed by atoms with Crippen LogP contribution in [0.5, 0.6) is 0 Å². The fraction of sp³-hybridized carbons (Fsp3) is 0.667. The average molecular weight is 303 g/mol. The molecule has 0 bridgehead atoms. The molecule has 0 aromatic carbocycles. The molecule has 1 unspecified atom stereocenters. The molecule has 0 fully saturated rings. The number of aromatic nitrogens is 2. The number of aryl methyl sites for hydroxylation is 1. The Morgan fingerprint density at radius 2 is 1.95 bits per heavy atom. The van der Waals surface area contributed by atoms with Crippen molar-refractivity contribution in [3.63, 3.8) is 0 Å². The number of aromatic amines is 1. The van der Waals surface area contributed by atoms with Crippen LogP contribution in [-0.4, -0.2) is 47.1 Å². The Morgan fingerprint density at radius 1 is 1.40 bits per heavy atom. The lowest BCUT2D eigenvalue weighted by atomic mass is 10.1. The fourth-order valence-electron chi connectivity index (χ4n) is 2.05. The molecule has 8 heteroatoms. The van der Waals surface area contributed by atoms with Crippen molar-refractivity contribution in [3.8, 4) is 0 Å². The van der Waals surface area contributed by atoms with Crippen LogP contribution in [0.25, 0.3) is 0 Å². The van der Waals surface area contributed by atoms with Gasteiger partial charge in [0.2, 0.25) is 5.03 Å². The normalized spacial score (nSPS) is 13.9. The summed E-state index contributed by atoms with van der Waals surface area (Å²) in [5, 5.41) is 14.8. The Hall–Kier alpha value is -1.41. The molecule has 0 radical (unpaired) electrons. The second-order valence-corrected chi connectivity index (χ2v) is 7.25. The maximum atomic E-state index is 12.5. The predicted molar refractivity (Wildman–Crippen MR) is 74.1 cm³/mol. The minimum Gasteiger partial charge on any atom is -0.478 e. The van der Waals surface area contributed by atoms with Gasteiger partial charge < -0.3 is 5.11 Å². The number of carbonyl (C=O) groups is 1.